The summed E-state index contributed by atoms with van der Waals surface area (Å²) in [4.78, 5) is 13.5. The molecule has 0 unspecified atom stereocenters. The van der Waals surface area contributed by atoms with Crippen molar-refractivity contribution in [2.75, 3.05) is 16.8 Å². The lowest BCUT2D eigenvalue weighted by molar-refractivity contribution is -0.116. The number of aryl methyl sites for hydroxylation is 2. The lowest BCUT2D eigenvalue weighted by Crippen LogP contribution is -2.31. The van der Waals surface area contributed by atoms with Crippen LogP contribution < -0.4 is 4.90 Å². The van der Waals surface area contributed by atoms with Crippen LogP contribution >= 0.6 is 15.9 Å². The van der Waals surface area contributed by atoms with Crippen molar-refractivity contribution in [3.05, 3.63) is 29.3 Å². The molecule has 0 N–H and O–H groups in total. The average molecular weight is 282 g/mol. The van der Waals surface area contributed by atoms with Crippen LogP contribution in [0, 0.1) is 0 Å². The summed E-state index contributed by atoms with van der Waals surface area (Å²) in [5, 5.41) is 0.387. The number of carbonyl (C=O) groups is 1. The van der Waals surface area contributed by atoms with Crippen LogP contribution in [-0.4, -0.2) is 17.8 Å². The summed E-state index contributed by atoms with van der Waals surface area (Å²) in [5.74, 6) is 0.125. The highest BCUT2D eigenvalue weighted by Gasteiger charge is 2.16. The number of fused-ring (bicyclic) bond motifs is 1. The van der Waals surface area contributed by atoms with Gasteiger partial charge in [0.05, 0.1) is 5.33 Å². The van der Waals surface area contributed by atoms with Gasteiger partial charge in [0.2, 0.25) is 5.91 Å². The van der Waals surface area contributed by atoms with Gasteiger partial charge < -0.3 is 4.90 Å². The highest BCUT2D eigenvalue weighted by molar-refractivity contribution is 9.09. The van der Waals surface area contributed by atoms with Crippen LogP contribution in [0.1, 0.15) is 24.5 Å². The van der Waals surface area contributed by atoms with Gasteiger partial charge in [-0.05, 0) is 49.4 Å². The molecule has 2 nitrogen and oxygen atoms in total. The van der Waals surface area contributed by atoms with Crippen LogP contribution in [0.3, 0.4) is 0 Å². The van der Waals surface area contributed by atoms with Crippen molar-refractivity contribution < 1.29 is 4.79 Å². The monoisotopic (exact) mass is 281 g/mol. The predicted octanol–water partition coefficient (Wildman–Crippen LogP) is 2.92. The van der Waals surface area contributed by atoms with Gasteiger partial charge in [-0.25, -0.2) is 0 Å². The molecule has 0 fully saturated rings. The molecule has 1 amide bonds. The van der Waals surface area contributed by atoms with Gasteiger partial charge in [-0.15, -0.1) is 0 Å². The van der Waals surface area contributed by atoms with Gasteiger partial charge in [-0.3, -0.25) is 4.79 Å². The number of hydrogen-bond donors (Lipinski definition) is 0. The Kier molecular flexibility index (Phi) is 3.64. The van der Waals surface area contributed by atoms with Gasteiger partial charge in [0.25, 0.3) is 0 Å². The maximum Gasteiger partial charge on any atom is 0.237 e. The van der Waals surface area contributed by atoms with E-state index in [1.54, 1.807) is 0 Å². The minimum Gasteiger partial charge on any atom is -0.312 e. The molecular formula is C13H16BrNO. The summed E-state index contributed by atoms with van der Waals surface area (Å²) in [7, 11) is 0. The van der Waals surface area contributed by atoms with E-state index >= 15 is 0 Å². The molecular weight excluding hydrogens is 266 g/mol. The summed E-state index contributed by atoms with van der Waals surface area (Å²) >= 11 is 3.22. The Morgan fingerprint density at radius 3 is 2.81 bits per heavy atom. The van der Waals surface area contributed by atoms with Crippen molar-refractivity contribution in [2.24, 2.45) is 0 Å². The molecule has 16 heavy (non-hydrogen) atoms. The van der Waals surface area contributed by atoms with Crippen LogP contribution in [-0.2, 0) is 17.6 Å². The van der Waals surface area contributed by atoms with Crippen LogP contribution in [0.4, 0.5) is 5.69 Å². The van der Waals surface area contributed by atoms with Crippen molar-refractivity contribution in [3.8, 4) is 0 Å². The number of nitrogens with zero attached hydrogens (tertiary/aromatic N) is 1. The normalized spacial score (nSPS) is 13.6. The van der Waals surface area contributed by atoms with Crippen molar-refractivity contribution in [1.82, 2.24) is 0 Å². The smallest absolute Gasteiger partial charge is 0.237 e. The Morgan fingerprint density at radius 2 is 2.12 bits per heavy atom. The van der Waals surface area contributed by atoms with E-state index in [1.807, 2.05) is 11.8 Å². The molecule has 0 spiro atoms. The van der Waals surface area contributed by atoms with Crippen molar-refractivity contribution in [2.45, 2.75) is 26.2 Å². The van der Waals surface area contributed by atoms with Crippen molar-refractivity contribution >= 4 is 27.5 Å². The van der Waals surface area contributed by atoms with Gasteiger partial charge in [-0.2, -0.15) is 0 Å². The maximum absolute atomic E-state index is 11.7. The minimum absolute atomic E-state index is 0.125. The third-order valence-electron chi connectivity index (χ3n) is 3.13. The van der Waals surface area contributed by atoms with Crippen LogP contribution in [0.5, 0.6) is 0 Å². The Morgan fingerprint density at radius 1 is 1.38 bits per heavy atom. The highest BCUT2D eigenvalue weighted by atomic mass is 79.9. The standard InChI is InChI=1S/C13H16BrNO/c1-2-15(13(16)9-14)12-7-6-10-4-3-5-11(10)8-12/h6-8H,2-5,9H2,1H3. The van der Waals surface area contributed by atoms with E-state index in [4.69, 9.17) is 0 Å². The minimum atomic E-state index is 0.125. The van der Waals surface area contributed by atoms with E-state index < -0.39 is 0 Å². The first kappa shape index (κ1) is 11.6. The Bertz CT molecular complexity index is 403. The molecule has 0 saturated heterocycles. The van der Waals surface area contributed by atoms with E-state index in [1.165, 1.54) is 24.0 Å². The number of amides is 1. The zero-order chi connectivity index (χ0) is 11.5. The van der Waals surface area contributed by atoms with Gasteiger partial charge >= 0.3 is 0 Å². The summed E-state index contributed by atoms with van der Waals surface area (Å²) < 4.78 is 0. The molecule has 0 saturated carbocycles. The van der Waals surface area contributed by atoms with E-state index in [0.717, 1.165) is 18.7 Å². The number of halogens is 1. The molecule has 86 valence electrons. The molecule has 0 atom stereocenters. The molecule has 0 aromatic heterocycles. The van der Waals surface area contributed by atoms with Gasteiger partial charge in [0.15, 0.2) is 0 Å². The number of anilines is 1. The summed E-state index contributed by atoms with van der Waals surface area (Å²) in [5.41, 5.74) is 3.90. The topological polar surface area (TPSA) is 20.3 Å². The van der Waals surface area contributed by atoms with Crippen molar-refractivity contribution in [1.29, 1.82) is 0 Å². The SMILES string of the molecule is CCN(C(=O)CBr)c1ccc2c(c1)CCC2. The fraction of sp³-hybridized carbons (Fsp3) is 0.462. The first-order valence-electron chi connectivity index (χ1n) is 5.74. The van der Waals surface area contributed by atoms with Gasteiger partial charge in [0.1, 0.15) is 0 Å². The zero-order valence-corrected chi connectivity index (χ0v) is 11.1. The molecule has 0 heterocycles. The van der Waals surface area contributed by atoms with E-state index in [9.17, 15) is 4.79 Å². The first-order chi connectivity index (χ1) is 7.76. The third-order valence-corrected chi connectivity index (χ3v) is 3.61. The molecule has 1 aromatic carbocycles. The third kappa shape index (κ3) is 2.14. The fourth-order valence-corrected chi connectivity index (χ4v) is 2.60. The lowest BCUT2D eigenvalue weighted by Gasteiger charge is -2.20. The summed E-state index contributed by atoms with van der Waals surface area (Å²) in [6.07, 6.45) is 3.59. The number of rotatable bonds is 3. The quantitative estimate of drug-likeness (QED) is 0.781. The second-order valence-corrected chi connectivity index (χ2v) is 4.64. The molecule has 1 aromatic rings. The second-order valence-electron chi connectivity index (χ2n) is 4.08. The van der Waals surface area contributed by atoms with E-state index in [-0.39, 0.29) is 5.91 Å². The molecule has 0 radical (unpaired) electrons. The summed E-state index contributed by atoms with van der Waals surface area (Å²) in [6, 6.07) is 6.41. The fourth-order valence-electron chi connectivity index (χ4n) is 2.30. The van der Waals surface area contributed by atoms with Crippen LogP contribution in [0.2, 0.25) is 0 Å². The second kappa shape index (κ2) is 5.00. The molecule has 1 aliphatic rings. The Hall–Kier alpha value is -0.830. The number of benzene rings is 1. The van der Waals surface area contributed by atoms with E-state index in [0.29, 0.717) is 5.33 Å². The maximum atomic E-state index is 11.7. The molecule has 0 bridgehead atoms. The molecule has 3 heteroatoms. The van der Waals surface area contributed by atoms with Gasteiger partial charge in [-0.1, -0.05) is 22.0 Å². The van der Waals surface area contributed by atoms with Gasteiger partial charge in [0, 0.05) is 12.2 Å². The van der Waals surface area contributed by atoms with E-state index in [2.05, 4.69) is 34.1 Å². The molecule has 1 aliphatic carbocycles. The van der Waals surface area contributed by atoms with Crippen LogP contribution in [0.25, 0.3) is 0 Å². The molecule has 0 aliphatic heterocycles. The zero-order valence-electron chi connectivity index (χ0n) is 9.50. The Balaban J connectivity index is 2.29. The average Bonchev–Trinajstić information content (AvgIpc) is 2.77. The Labute approximate surface area is 105 Å². The number of hydrogen-bond acceptors (Lipinski definition) is 1. The lowest BCUT2D eigenvalue weighted by atomic mass is 10.1. The van der Waals surface area contributed by atoms with Crippen LogP contribution in [0.15, 0.2) is 18.2 Å². The predicted molar refractivity (Wildman–Crippen MR) is 70.3 cm³/mol. The number of alkyl halides is 1. The largest absolute Gasteiger partial charge is 0.312 e. The highest BCUT2D eigenvalue weighted by Crippen LogP contribution is 2.26. The first-order valence-corrected chi connectivity index (χ1v) is 6.86. The summed E-state index contributed by atoms with van der Waals surface area (Å²) in [6.45, 7) is 2.73. The number of carbonyl (C=O) groups excluding carboxylic acids is 1. The molecule has 2 rings (SSSR count). The van der Waals surface area contributed by atoms with Crippen molar-refractivity contribution in [3.63, 3.8) is 0 Å².